The van der Waals surface area contributed by atoms with Crippen molar-refractivity contribution in [2.75, 3.05) is 6.61 Å². The van der Waals surface area contributed by atoms with Crippen LogP contribution in [0.15, 0.2) is 103 Å². The molecule has 38 heavy (non-hydrogen) atoms. The van der Waals surface area contributed by atoms with Crippen LogP contribution in [0, 0.1) is 27.4 Å². The maximum atomic E-state index is 13.3. The van der Waals surface area contributed by atoms with E-state index < -0.39 is 4.92 Å². The number of nitriles is 1. The van der Waals surface area contributed by atoms with Gasteiger partial charge in [-0.15, -0.1) is 0 Å². The quantitative estimate of drug-likeness (QED) is 0.223. The summed E-state index contributed by atoms with van der Waals surface area (Å²) in [5.41, 5.74) is 4.39. The second kappa shape index (κ2) is 12.4. The number of nitrogens with zero attached hydrogens (tertiary/aromatic N) is 2. The number of nitro benzene ring substituents is 1. The molecule has 2 unspecified atom stereocenters. The molecule has 7 heteroatoms. The molecule has 2 N–H and O–H groups in total. The molecule has 4 rings (SSSR count). The van der Waals surface area contributed by atoms with Crippen molar-refractivity contribution >= 4 is 11.6 Å². The maximum Gasteiger partial charge on any atom is 0.270 e. The number of aliphatic hydroxyl groups is 1. The topological polar surface area (TPSA) is 116 Å². The van der Waals surface area contributed by atoms with Gasteiger partial charge in [0.2, 0.25) is 0 Å². The van der Waals surface area contributed by atoms with Crippen molar-refractivity contribution in [3.05, 3.63) is 135 Å². The first kappa shape index (κ1) is 26.3. The molecular weight excluding hydrogens is 478 g/mol. The number of carbonyl (C=O) groups excluding carboxylic acids is 1. The summed E-state index contributed by atoms with van der Waals surface area (Å²) < 4.78 is 0. The second-order valence-electron chi connectivity index (χ2n) is 9.11. The van der Waals surface area contributed by atoms with Crippen molar-refractivity contribution < 1.29 is 14.8 Å². The third-order valence-corrected chi connectivity index (χ3v) is 6.51. The van der Waals surface area contributed by atoms with Crippen LogP contribution < -0.4 is 5.32 Å². The zero-order valence-electron chi connectivity index (χ0n) is 20.7. The Morgan fingerprint density at radius 3 is 2.26 bits per heavy atom. The Balaban J connectivity index is 1.55. The summed E-state index contributed by atoms with van der Waals surface area (Å²) in [7, 11) is 0. The molecule has 0 aliphatic carbocycles. The minimum Gasteiger partial charge on any atom is -0.396 e. The molecule has 190 valence electrons. The third-order valence-electron chi connectivity index (χ3n) is 6.51. The molecule has 2 atom stereocenters. The minimum atomic E-state index is -0.438. The van der Waals surface area contributed by atoms with E-state index in [0.717, 1.165) is 16.7 Å². The van der Waals surface area contributed by atoms with Crippen LogP contribution in [-0.4, -0.2) is 28.6 Å². The SMILES string of the molecule is N#Cc1cccc(CC(CO)C(Cc2ccccc2)NC(=O)c2ccc(-c3cccc([N+](=O)[O-])c3)cc2)c1. The van der Waals surface area contributed by atoms with E-state index in [1.807, 2.05) is 42.5 Å². The van der Waals surface area contributed by atoms with Crippen molar-refractivity contribution in [3.8, 4) is 17.2 Å². The van der Waals surface area contributed by atoms with Gasteiger partial charge in [0.1, 0.15) is 0 Å². The predicted octanol–water partition coefficient (Wildman–Crippen LogP) is 5.33. The summed E-state index contributed by atoms with van der Waals surface area (Å²) in [6.45, 7) is -0.139. The first-order valence-corrected chi connectivity index (χ1v) is 12.3. The molecule has 0 aromatic heterocycles. The summed E-state index contributed by atoms with van der Waals surface area (Å²) in [5, 5.41) is 33.8. The van der Waals surface area contributed by atoms with Gasteiger partial charge in [-0.05, 0) is 59.4 Å². The number of non-ortho nitro benzene ring substituents is 1. The van der Waals surface area contributed by atoms with Crippen molar-refractivity contribution in [1.82, 2.24) is 5.32 Å². The number of hydrogen-bond acceptors (Lipinski definition) is 5. The fourth-order valence-electron chi connectivity index (χ4n) is 4.47. The van der Waals surface area contributed by atoms with E-state index in [9.17, 15) is 25.3 Å². The molecule has 1 amide bonds. The summed E-state index contributed by atoms with van der Waals surface area (Å²) in [4.78, 5) is 24.0. The molecule has 0 aliphatic heterocycles. The lowest BCUT2D eigenvalue weighted by Gasteiger charge is -2.27. The molecule has 0 bridgehead atoms. The zero-order chi connectivity index (χ0) is 26.9. The highest BCUT2D eigenvalue weighted by atomic mass is 16.6. The molecule has 0 heterocycles. The molecule has 4 aromatic rings. The average Bonchev–Trinajstić information content (AvgIpc) is 2.96. The van der Waals surface area contributed by atoms with Gasteiger partial charge in [0.05, 0.1) is 16.6 Å². The molecule has 0 fully saturated rings. The van der Waals surface area contributed by atoms with E-state index >= 15 is 0 Å². The Morgan fingerprint density at radius 1 is 0.868 bits per heavy atom. The van der Waals surface area contributed by atoms with Crippen molar-refractivity contribution in [3.63, 3.8) is 0 Å². The van der Waals surface area contributed by atoms with Crippen LogP contribution in [0.4, 0.5) is 5.69 Å². The number of hydrogen-bond donors (Lipinski definition) is 2. The normalized spacial score (nSPS) is 12.2. The average molecular weight is 506 g/mol. The molecule has 0 saturated carbocycles. The number of benzene rings is 4. The fraction of sp³-hybridized carbons (Fsp3) is 0.161. The van der Waals surface area contributed by atoms with E-state index in [-0.39, 0.29) is 30.2 Å². The Bertz CT molecular complexity index is 1450. The summed E-state index contributed by atoms with van der Waals surface area (Å²) >= 11 is 0. The smallest absolute Gasteiger partial charge is 0.270 e. The molecule has 0 radical (unpaired) electrons. The van der Waals surface area contributed by atoms with Crippen molar-refractivity contribution in [1.29, 1.82) is 5.26 Å². The summed E-state index contributed by atoms with van der Waals surface area (Å²) in [6.07, 6.45) is 1.02. The van der Waals surface area contributed by atoms with Gasteiger partial charge >= 0.3 is 0 Å². The number of carbonyl (C=O) groups is 1. The number of amides is 1. The van der Waals surface area contributed by atoms with E-state index in [1.54, 1.807) is 48.5 Å². The van der Waals surface area contributed by atoms with Crippen LogP contribution in [0.25, 0.3) is 11.1 Å². The number of nitrogens with one attached hydrogen (secondary N) is 1. The number of nitro groups is 1. The van der Waals surface area contributed by atoms with E-state index in [4.69, 9.17) is 0 Å². The van der Waals surface area contributed by atoms with Gasteiger partial charge < -0.3 is 10.4 Å². The van der Waals surface area contributed by atoms with Crippen LogP contribution in [0.5, 0.6) is 0 Å². The highest BCUT2D eigenvalue weighted by molar-refractivity contribution is 5.95. The van der Waals surface area contributed by atoms with Crippen LogP contribution >= 0.6 is 0 Å². The van der Waals surface area contributed by atoms with Gasteiger partial charge in [0.25, 0.3) is 11.6 Å². The molecule has 7 nitrogen and oxygen atoms in total. The predicted molar refractivity (Wildman–Crippen MR) is 145 cm³/mol. The Labute approximate surface area is 221 Å². The van der Waals surface area contributed by atoms with E-state index in [1.165, 1.54) is 12.1 Å². The van der Waals surface area contributed by atoms with E-state index in [2.05, 4.69) is 11.4 Å². The Morgan fingerprint density at radius 2 is 1.58 bits per heavy atom. The van der Waals surface area contributed by atoms with Gasteiger partial charge in [-0.2, -0.15) is 5.26 Å². The highest BCUT2D eigenvalue weighted by Gasteiger charge is 2.24. The van der Waals surface area contributed by atoms with Crippen LogP contribution in [-0.2, 0) is 12.8 Å². The van der Waals surface area contributed by atoms with Gasteiger partial charge in [-0.1, -0.05) is 66.7 Å². The first-order chi connectivity index (χ1) is 18.5. The number of aliphatic hydroxyl groups excluding tert-OH is 1. The maximum absolute atomic E-state index is 13.3. The summed E-state index contributed by atoms with van der Waals surface area (Å²) in [6, 6.07) is 32.1. The van der Waals surface area contributed by atoms with Crippen LogP contribution in [0.1, 0.15) is 27.0 Å². The van der Waals surface area contributed by atoms with Gasteiger partial charge in [-0.3, -0.25) is 14.9 Å². The monoisotopic (exact) mass is 505 g/mol. The van der Waals surface area contributed by atoms with E-state index in [0.29, 0.717) is 29.5 Å². The highest BCUT2D eigenvalue weighted by Crippen LogP contribution is 2.24. The number of rotatable bonds is 10. The van der Waals surface area contributed by atoms with Gasteiger partial charge in [-0.25, -0.2) is 0 Å². The molecule has 4 aromatic carbocycles. The first-order valence-electron chi connectivity index (χ1n) is 12.3. The van der Waals surface area contributed by atoms with Crippen molar-refractivity contribution in [2.24, 2.45) is 5.92 Å². The third kappa shape index (κ3) is 6.69. The standard InChI is InChI=1S/C31H27N3O4/c32-20-24-9-4-8-23(16-24)17-28(21-35)30(18-22-6-2-1-3-7-22)33-31(36)26-14-12-25(13-15-26)27-10-5-11-29(19-27)34(37)38/h1-16,19,28,30,35H,17-18,21H2,(H,33,36). The van der Waals surface area contributed by atoms with Crippen molar-refractivity contribution in [2.45, 2.75) is 18.9 Å². The molecular formula is C31H27N3O4. The minimum absolute atomic E-state index is 0.00317. The second-order valence-corrected chi connectivity index (χ2v) is 9.11. The lowest BCUT2D eigenvalue weighted by molar-refractivity contribution is -0.384. The summed E-state index contributed by atoms with van der Waals surface area (Å²) in [5.74, 6) is -0.557. The molecule has 0 spiro atoms. The Hall–Kier alpha value is -4.80. The fourth-order valence-corrected chi connectivity index (χ4v) is 4.47. The molecule has 0 aliphatic rings. The largest absolute Gasteiger partial charge is 0.396 e. The van der Waals surface area contributed by atoms with Gasteiger partial charge in [0.15, 0.2) is 0 Å². The van der Waals surface area contributed by atoms with Gasteiger partial charge in [0, 0.05) is 36.3 Å². The van der Waals surface area contributed by atoms with Crippen LogP contribution in [0.2, 0.25) is 0 Å². The zero-order valence-corrected chi connectivity index (χ0v) is 20.7. The Kier molecular flexibility index (Phi) is 8.60. The lowest BCUT2D eigenvalue weighted by atomic mass is 9.88. The lowest BCUT2D eigenvalue weighted by Crippen LogP contribution is -2.44. The van der Waals surface area contributed by atoms with Crippen LogP contribution in [0.3, 0.4) is 0 Å². The molecule has 0 saturated heterocycles.